The Labute approximate surface area is 101 Å². The molecule has 1 aromatic rings. The van der Waals surface area contributed by atoms with Crippen LogP contribution in [0.3, 0.4) is 0 Å². The molecular formula is C12H19N3O2. The van der Waals surface area contributed by atoms with Crippen molar-refractivity contribution < 1.29 is 9.53 Å². The number of nitrogen functional groups attached to an aromatic ring is 1. The Morgan fingerprint density at radius 1 is 1.53 bits per heavy atom. The summed E-state index contributed by atoms with van der Waals surface area (Å²) in [6, 6.07) is 0. The maximum absolute atomic E-state index is 11.9. The van der Waals surface area contributed by atoms with Gasteiger partial charge in [-0.25, -0.2) is 4.79 Å². The molecule has 94 valence electrons. The number of esters is 1. The third-order valence-electron chi connectivity index (χ3n) is 3.34. The van der Waals surface area contributed by atoms with E-state index in [2.05, 4.69) is 5.10 Å². The average molecular weight is 237 g/mol. The second-order valence-electron chi connectivity index (χ2n) is 4.47. The van der Waals surface area contributed by atoms with Crippen molar-refractivity contribution in [1.82, 2.24) is 9.78 Å². The minimum atomic E-state index is -0.347. The summed E-state index contributed by atoms with van der Waals surface area (Å²) in [6.07, 6.45) is 4.57. The predicted octanol–water partition coefficient (Wildman–Crippen LogP) is 1.84. The molecule has 0 radical (unpaired) electrons. The largest absolute Gasteiger partial charge is 0.462 e. The molecule has 0 saturated heterocycles. The van der Waals surface area contributed by atoms with Crippen molar-refractivity contribution in [2.45, 2.75) is 38.5 Å². The number of carbonyl (C=O) groups excluding carboxylic acids is 1. The minimum Gasteiger partial charge on any atom is -0.462 e. The molecule has 0 spiro atoms. The Bertz CT molecular complexity index is 420. The summed E-state index contributed by atoms with van der Waals surface area (Å²) in [6.45, 7) is 2.15. The van der Waals surface area contributed by atoms with Crippen LogP contribution < -0.4 is 5.73 Å². The fourth-order valence-corrected chi connectivity index (χ4v) is 2.46. The summed E-state index contributed by atoms with van der Waals surface area (Å²) in [5.74, 6) is 0.420. The number of aromatic nitrogens is 2. The number of rotatable bonds is 3. The molecule has 1 heterocycles. The second-order valence-corrected chi connectivity index (χ2v) is 4.47. The van der Waals surface area contributed by atoms with Crippen LogP contribution >= 0.6 is 0 Å². The van der Waals surface area contributed by atoms with Gasteiger partial charge in [0.2, 0.25) is 0 Å². The molecule has 1 fully saturated rings. The van der Waals surface area contributed by atoms with Crippen LogP contribution in [0.5, 0.6) is 0 Å². The number of anilines is 1. The molecule has 5 nitrogen and oxygen atoms in total. The molecule has 1 aliphatic carbocycles. The van der Waals surface area contributed by atoms with Crippen LogP contribution in [0.1, 0.15) is 54.6 Å². The van der Waals surface area contributed by atoms with E-state index in [0.717, 1.165) is 18.5 Å². The zero-order chi connectivity index (χ0) is 12.4. The normalized spacial score (nSPS) is 16.4. The lowest BCUT2D eigenvalue weighted by Gasteiger charge is -2.08. The van der Waals surface area contributed by atoms with E-state index < -0.39 is 0 Å². The van der Waals surface area contributed by atoms with Gasteiger partial charge in [-0.3, -0.25) is 4.68 Å². The van der Waals surface area contributed by atoms with Gasteiger partial charge in [-0.2, -0.15) is 5.10 Å². The minimum absolute atomic E-state index is 0.347. The summed E-state index contributed by atoms with van der Waals surface area (Å²) < 4.78 is 6.62. The molecule has 0 atom stereocenters. The van der Waals surface area contributed by atoms with Gasteiger partial charge < -0.3 is 10.5 Å². The Balaban J connectivity index is 2.37. The fourth-order valence-electron chi connectivity index (χ4n) is 2.46. The van der Waals surface area contributed by atoms with Crippen molar-refractivity contribution >= 4 is 11.8 Å². The monoisotopic (exact) mass is 237 g/mol. The molecule has 5 heteroatoms. The summed E-state index contributed by atoms with van der Waals surface area (Å²) in [4.78, 5) is 11.9. The van der Waals surface area contributed by atoms with Gasteiger partial charge >= 0.3 is 5.97 Å². The highest BCUT2D eigenvalue weighted by Crippen LogP contribution is 2.36. The fraction of sp³-hybridized carbons (Fsp3) is 0.667. The molecule has 0 unspecified atom stereocenters. The van der Waals surface area contributed by atoms with Crippen molar-refractivity contribution in [2.75, 3.05) is 12.3 Å². The zero-order valence-corrected chi connectivity index (χ0v) is 10.4. The Morgan fingerprint density at radius 3 is 2.76 bits per heavy atom. The summed E-state index contributed by atoms with van der Waals surface area (Å²) in [5, 5.41) is 4.39. The predicted molar refractivity (Wildman–Crippen MR) is 64.8 cm³/mol. The Kier molecular flexibility index (Phi) is 3.36. The summed E-state index contributed by atoms with van der Waals surface area (Å²) >= 11 is 0. The van der Waals surface area contributed by atoms with E-state index in [1.165, 1.54) is 12.8 Å². The van der Waals surface area contributed by atoms with E-state index in [-0.39, 0.29) is 5.97 Å². The van der Waals surface area contributed by atoms with Gasteiger partial charge in [0, 0.05) is 13.0 Å². The maximum atomic E-state index is 11.9. The van der Waals surface area contributed by atoms with Crippen molar-refractivity contribution in [3.8, 4) is 0 Å². The lowest BCUT2D eigenvalue weighted by Crippen LogP contribution is -2.11. The van der Waals surface area contributed by atoms with Crippen LogP contribution in [0.25, 0.3) is 0 Å². The van der Waals surface area contributed by atoms with E-state index >= 15 is 0 Å². The van der Waals surface area contributed by atoms with Crippen molar-refractivity contribution in [1.29, 1.82) is 0 Å². The molecule has 0 amide bonds. The molecule has 1 aliphatic rings. The van der Waals surface area contributed by atoms with Gasteiger partial charge in [-0.05, 0) is 19.8 Å². The quantitative estimate of drug-likeness (QED) is 0.814. The summed E-state index contributed by atoms with van der Waals surface area (Å²) in [5.41, 5.74) is 7.20. The number of hydrogen-bond acceptors (Lipinski definition) is 4. The molecular weight excluding hydrogens is 218 g/mol. The van der Waals surface area contributed by atoms with Gasteiger partial charge in [-0.1, -0.05) is 12.8 Å². The first kappa shape index (κ1) is 12.0. The van der Waals surface area contributed by atoms with E-state index in [4.69, 9.17) is 10.5 Å². The smallest absolute Gasteiger partial charge is 0.343 e. The van der Waals surface area contributed by atoms with Gasteiger partial charge in [0.1, 0.15) is 11.4 Å². The highest BCUT2D eigenvalue weighted by molar-refractivity contribution is 5.95. The molecule has 0 bridgehead atoms. The van der Waals surface area contributed by atoms with Crippen molar-refractivity contribution in [3.63, 3.8) is 0 Å². The number of hydrogen-bond donors (Lipinski definition) is 1. The highest BCUT2D eigenvalue weighted by Gasteiger charge is 2.29. The van der Waals surface area contributed by atoms with Gasteiger partial charge in [0.25, 0.3) is 0 Å². The first-order chi connectivity index (χ1) is 8.15. The van der Waals surface area contributed by atoms with Crippen LogP contribution in [0.15, 0.2) is 0 Å². The standard InChI is InChI=1S/C12H19N3O2/c1-3-17-12(16)9-10(8-6-4-5-7-8)14-15(2)11(9)13/h8H,3-7,13H2,1-2H3. The van der Waals surface area contributed by atoms with Crippen LogP contribution in [-0.4, -0.2) is 22.4 Å². The van der Waals surface area contributed by atoms with Crippen LogP contribution in [0.4, 0.5) is 5.82 Å². The molecule has 2 rings (SSSR count). The third-order valence-corrected chi connectivity index (χ3v) is 3.34. The van der Waals surface area contributed by atoms with Gasteiger partial charge in [0.15, 0.2) is 0 Å². The first-order valence-corrected chi connectivity index (χ1v) is 6.14. The van der Waals surface area contributed by atoms with E-state index in [1.54, 1.807) is 18.7 Å². The Hall–Kier alpha value is -1.52. The van der Waals surface area contributed by atoms with Crippen LogP contribution in [-0.2, 0) is 11.8 Å². The SMILES string of the molecule is CCOC(=O)c1c(C2CCCC2)nn(C)c1N. The van der Waals surface area contributed by atoms with Crippen LogP contribution in [0.2, 0.25) is 0 Å². The topological polar surface area (TPSA) is 70.1 Å². The van der Waals surface area contributed by atoms with E-state index in [9.17, 15) is 4.79 Å². The Morgan fingerprint density at radius 2 is 2.18 bits per heavy atom. The number of nitrogens with zero attached hydrogens (tertiary/aromatic N) is 2. The van der Waals surface area contributed by atoms with Crippen molar-refractivity contribution in [2.24, 2.45) is 7.05 Å². The summed E-state index contributed by atoms with van der Waals surface area (Å²) in [7, 11) is 1.76. The number of ether oxygens (including phenoxy) is 1. The van der Waals surface area contributed by atoms with Gasteiger partial charge in [0.05, 0.1) is 12.3 Å². The average Bonchev–Trinajstić information content (AvgIpc) is 2.88. The molecule has 1 saturated carbocycles. The van der Waals surface area contributed by atoms with Crippen LogP contribution in [0, 0.1) is 0 Å². The zero-order valence-electron chi connectivity index (χ0n) is 10.4. The van der Waals surface area contributed by atoms with E-state index in [0.29, 0.717) is 23.9 Å². The maximum Gasteiger partial charge on any atom is 0.343 e. The second kappa shape index (κ2) is 4.77. The number of aryl methyl sites for hydroxylation is 1. The third kappa shape index (κ3) is 2.14. The molecule has 17 heavy (non-hydrogen) atoms. The molecule has 1 aromatic heterocycles. The van der Waals surface area contributed by atoms with Gasteiger partial charge in [-0.15, -0.1) is 0 Å². The lowest BCUT2D eigenvalue weighted by atomic mass is 10.00. The number of nitrogens with two attached hydrogens (primary N) is 1. The highest BCUT2D eigenvalue weighted by atomic mass is 16.5. The van der Waals surface area contributed by atoms with E-state index in [1.807, 2.05) is 0 Å². The first-order valence-electron chi connectivity index (χ1n) is 6.14. The van der Waals surface area contributed by atoms with Crippen molar-refractivity contribution in [3.05, 3.63) is 11.3 Å². The molecule has 2 N–H and O–H groups in total. The molecule has 0 aromatic carbocycles. The number of carbonyl (C=O) groups is 1. The lowest BCUT2D eigenvalue weighted by molar-refractivity contribution is 0.0525. The molecule has 0 aliphatic heterocycles.